The van der Waals surface area contributed by atoms with Crippen LogP contribution >= 0.6 is 11.6 Å². The van der Waals surface area contributed by atoms with Gasteiger partial charge in [-0.15, -0.1) is 11.6 Å². The molecule has 3 aliphatic rings. The lowest BCUT2D eigenvalue weighted by atomic mass is 9.96. The highest BCUT2D eigenvalue weighted by atomic mass is 35.5. The third-order valence-corrected chi connectivity index (χ3v) is 5.65. The first-order valence-corrected chi connectivity index (χ1v) is 8.98. The summed E-state index contributed by atoms with van der Waals surface area (Å²) in [5, 5.41) is 2.72. The molecule has 8 nitrogen and oxygen atoms in total. The molecule has 0 aromatic heterocycles. The molecular weight excluding hydrogens is 334 g/mol. The van der Waals surface area contributed by atoms with Gasteiger partial charge in [0.15, 0.2) is 0 Å². The van der Waals surface area contributed by atoms with Gasteiger partial charge in [-0.05, 0) is 19.4 Å². The first-order chi connectivity index (χ1) is 11.6. The molecule has 0 aromatic rings. The van der Waals surface area contributed by atoms with Crippen LogP contribution in [0.15, 0.2) is 0 Å². The van der Waals surface area contributed by atoms with E-state index in [-0.39, 0.29) is 24.1 Å². The number of nitrogens with zero attached hydrogens (tertiary/aromatic N) is 2. The van der Waals surface area contributed by atoms with Gasteiger partial charge in [-0.25, -0.2) is 5.43 Å². The number of piperidine rings is 1. The SMILES string of the molecule is COC1NCCCC1CN1CCN(C2CNNC(=O)C2Cl)CC1=O. The number of ether oxygens (including phenoxy) is 1. The molecule has 0 saturated carbocycles. The Morgan fingerprint density at radius 3 is 2.92 bits per heavy atom. The number of rotatable bonds is 4. The van der Waals surface area contributed by atoms with Gasteiger partial charge in [0.1, 0.15) is 11.6 Å². The van der Waals surface area contributed by atoms with Crippen LogP contribution in [0.2, 0.25) is 0 Å². The summed E-state index contributed by atoms with van der Waals surface area (Å²) in [4.78, 5) is 28.2. The molecule has 0 radical (unpaired) electrons. The fraction of sp³-hybridized carbons (Fsp3) is 0.867. The predicted octanol–water partition coefficient (Wildman–Crippen LogP) is -1.29. The van der Waals surface area contributed by atoms with E-state index in [1.54, 1.807) is 7.11 Å². The minimum absolute atomic E-state index is 0.0167. The van der Waals surface area contributed by atoms with Crippen LogP contribution < -0.4 is 16.2 Å². The van der Waals surface area contributed by atoms with Crippen LogP contribution in [0.25, 0.3) is 0 Å². The molecule has 0 bridgehead atoms. The monoisotopic (exact) mass is 359 g/mol. The summed E-state index contributed by atoms with van der Waals surface area (Å²) in [5.41, 5.74) is 5.36. The Morgan fingerprint density at radius 2 is 2.17 bits per heavy atom. The van der Waals surface area contributed by atoms with Crippen LogP contribution in [-0.2, 0) is 14.3 Å². The lowest BCUT2D eigenvalue weighted by Crippen LogP contribution is -2.65. The van der Waals surface area contributed by atoms with Crippen molar-refractivity contribution in [2.75, 3.05) is 46.4 Å². The van der Waals surface area contributed by atoms with Crippen molar-refractivity contribution in [1.82, 2.24) is 26.0 Å². The maximum Gasteiger partial charge on any atom is 0.253 e. The van der Waals surface area contributed by atoms with E-state index in [9.17, 15) is 9.59 Å². The maximum atomic E-state index is 12.6. The van der Waals surface area contributed by atoms with Crippen molar-refractivity contribution >= 4 is 23.4 Å². The zero-order valence-electron chi connectivity index (χ0n) is 14.0. The number of carbonyl (C=O) groups excluding carboxylic acids is 2. The van der Waals surface area contributed by atoms with Gasteiger partial charge in [-0.1, -0.05) is 0 Å². The first kappa shape index (κ1) is 17.9. The van der Waals surface area contributed by atoms with Crippen LogP contribution in [0.4, 0.5) is 0 Å². The van der Waals surface area contributed by atoms with Crippen molar-refractivity contribution < 1.29 is 14.3 Å². The third kappa shape index (κ3) is 3.83. The van der Waals surface area contributed by atoms with E-state index in [4.69, 9.17) is 16.3 Å². The minimum atomic E-state index is -0.633. The van der Waals surface area contributed by atoms with E-state index < -0.39 is 5.38 Å². The van der Waals surface area contributed by atoms with E-state index in [2.05, 4.69) is 16.2 Å². The number of alkyl halides is 1. The molecule has 0 aromatic carbocycles. The molecule has 24 heavy (non-hydrogen) atoms. The molecule has 0 aliphatic carbocycles. The molecule has 3 aliphatic heterocycles. The normalized spacial score (nSPS) is 35.8. The largest absolute Gasteiger partial charge is 0.366 e. The molecule has 2 amide bonds. The van der Waals surface area contributed by atoms with E-state index in [1.807, 2.05) is 9.80 Å². The molecule has 3 heterocycles. The summed E-state index contributed by atoms with van der Waals surface area (Å²) >= 11 is 6.20. The van der Waals surface area contributed by atoms with E-state index in [0.29, 0.717) is 32.1 Å². The van der Waals surface area contributed by atoms with Crippen molar-refractivity contribution in [2.24, 2.45) is 5.92 Å². The van der Waals surface area contributed by atoms with E-state index in [1.165, 1.54) is 0 Å². The third-order valence-electron chi connectivity index (χ3n) is 5.16. The number of hydrazine groups is 1. The zero-order valence-corrected chi connectivity index (χ0v) is 14.7. The highest BCUT2D eigenvalue weighted by molar-refractivity contribution is 6.31. The smallest absolute Gasteiger partial charge is 0.253 e. The molecule has 4 unspecified atom stereocenters. The molecule has 4 atom stereocenters. The van der Waals surface area contributed by atoms with Crippen LogP contribution in [0.1, 0.15) is 12.8 Å². The lowest BCUT2D eigenvalue weighted by molar-refractivity contribution is -0.140. The first-order valence-electron chi connectivity index (χ1n) is 8.55. The van der Waals surface area contributed by atoms with Gasteiger partial charge in [0, 0.05) is 45.2 Å². The highest BCUT2D eigenvalue weighted by Crippen LogP contribution is 2.21. The molecule has 0 spiro atoms. The van der Waals surface area contributed by atoms with Crippen molar-refractivity contribution in [3.8, 4) is 0 Å². The summed E-state index contributed by atoms with van der Waals surface area (Å²) in [6, 6.07) is -0.158. The fourth-order valence-electron chi connectivity index (χ4n) is 3.78. The standard InChI is InChI=1S/C15H26ClN5O3/c1-24-15-10(3-2-4-17-15)8-21-6-5-20(9-12(21)22)11-7-18-19-14(23)13(11)16/h10-11,13,15,17-18H,2-9H2,1H3,(H,19,23). The number of hydrogen-bond acceptors (Lipinski definition) is 6. The summed E-state index contributed by atoms with van der Waals surface area (Å²) in [6.45, 7) is 3.92. The number of halogens is 1. The van der Waals surface area contributed by atoms with Gasteiger partial charge in [0.05, 0.1) is 6.54 Å². The summed E-state index contributed by atoms with van der Waals surface area (Å²) < 4.78 is 5.49. The zero-order chi connectivity index (χ0) is 17.1. The van der Waals surface area contributed by atoms with Gasteiger partial charge < -0.3 is 9.64 Å². The van der Waals surface area contributed by atoms with Crippen LogP contribution in [-0.4, -0.2) is 85.6 Å². The molecule has 3 rings (SSSR count). The predicted molar refractivity (Wildman–Crippen MR) is 89.3 cm³/mol. The van der Waals surface area contributed by atoms with Gasteiger partial charge in [-0.3, -0.25) is 25.2 Å². The summed E-state index contributed by atoms with van der Waals surface area (Å²) in [6.07, 6.45) is 2.19. The van der Waals surface area contributed by atoms with Crippen LogP contribution in [0.3, 0.4) is 0 Å². The lowest BCUT2D eigenvalue weighted by Gasteiger charge is -2.43. The Balaban J connectivity index is 1.55. The average Bonchev–Trinajstić information content (AvgIpc) is 2.59. The second-order valence-electron chi connectivity index (χ2n) is 6.66. The second kappa shape index (κ2) is 7.97. The van der Waals surface area contributed by atoms with E-state index >= 15 is 0 Å². The number of amides is 2. The molecule has 136 valence electrons. The Kier molecular flexibility index (Phi) is 5.93. The second-order valence-corrected chi connectivity index (χ2v) is 7.13. The Labute approximate surface area is 147 Å². The van der Waals surface area contributed by atoms with Crippen molar-refractivity contribution in [3.63, 3.8) is 0 Å². The molecule has 9 heteroatoms. The fourth-order valence-corrected chi connectivity index (χ4v) is 4.08. The molecule has 3 saturated heterocycles. The molecule has 3 N–H and O–H groups in total. The number of hydrogen-bond donors (Lipinski definition) is 3. The van der Waals surface area contributed by atoms with Gasteiger partial charge in [0.2, 0.25) is 5.91 Å². The topological polar surface area (TPSA) is 85.9 Å². The Morgan fingerprint density at radius 1 is 1.33 bits per heavy atom. The summed E-state index contributed by atoms with van der Waals surface area (Å²) in [7, 11) is 1.71. The number of nitrogens with one attached hydrogen (secondary N) is 3. The van der Waals surface area contributed by atoms with Crippen LogP contribution in [0.5, 0.6) is 0 Å². The Hall–Kier alpha value is -0.930. The van der Waals surface area contributed by atoms with Crippen molar-refractivity contribution in [1.29, 1.82) is 0 Å². The highest BCUT2D eigenvalue weighted by Gasteiger charge is 2.38. The van der Waals surface area contributed by atoms with Gasteiger partial charge in [-0.2, -0.15) is 0 Å². The quantitative estimate of drug-likeness (QED) is 0.542. The molecular formula is C15H26ClN5O3. The van der Waals surface area contributed by atoms with E-state index in [0.717, 1.165) is 25.9 Å². The molecule has 3 fully saturated rings. The van der Waals surface area contributed by atoms with Crippen molar-refractivity contribution in [2.45, 2.75) is 30.5 Å². The number of piperazine rings is 1. The van der Waals surface area contributed by atoms with Gasteiger partial charge in [0.25, 0.3) is 5.91 Å². The minimum Gasteiger partial charge on any atom is -0.366 e. The van der Waals surface area contributed by atoms with Crippen LogP contribution in [0, 0.1) is 5.92 Å². The summed E-state index contributed by atoms with van der Waals surface area (Å²) in [5.74, 6) is 0.178. The Bertz CT molecular complexity index is 480. The maximum absolute atomic E-state index is 12.6. The average molecular weight is 360 g/mol. The number of methoxy groups -OCH3 is 1. The van der Waals surface area contributed by atoms with Gasteiger partial charge >= 0.3 is 0 Å². The number of carbonyl (C=O) groups is 2. The van der Waals surface area contributed by atoms with Crippen molar-refractivity contribution in [3.05, 3.63) is 0 Å².